The monoisotopic (exact) mass is 358 g/mol. The van der Waals surface area contributed by atoms with Crippen molar-refractivity contribution >= 4 is 46.4 Å². The zero-order chi connectivity index (χ0) is 16.2. The maximum atomic E-state index is 12.2. The molecule has 0 amide bonds. The molecule has 0 bridgehead atoms. The Kier molecular flexibility index (Phi) is 4.91. The van der Waals surface area contributed by atoms with Crippen LogP contribution in [-0.4, -0.2) is 10.8 Å². The molecule has 0 aliphatic heterocycles. The van der Waals surface area contributed by atoms with Gasteiger partial charge in [-0.15, -0.1) is 11.3 Å². The lowest BCUT2D eigenvalue weighted by molar-refractivity contribution is 0.105. The summed E-state index contributed by atoms with van der Waals surface area (Å²) in [6.45, 7) is 0. The third-order valence-corrected chi connectivity index (χ3v) is 4.71. The fourth-order valence-corrected chi connectivity index (χ4v) is 3.04. The van der Waals surface area contributed by atoms with E-state index in [0.29, 0.717) is 14.9 Å². The van der Waals surface area contributed by atoms with Crippen LogP contribution in [0.4, 0.5) is 0 Å². The molecule has 113 valence electrons. The number of hydrogen-bond acceptors (Lipinski definition) is 3. The highest BCUT2D eigenvalue weighted by Crippen LogP contribution is 2.26. The Morgan fingerprint density at radius 1 is 1.09 bits per heavy atom. The average Bonchev–Trinajstić information content (AvgIpc) is 3.04. The summed E-state index contributed by atoms with van der Waals surface area (Å²) < 4.78 is 0. The smallest absolute Gasteiger partial charge is 0.198 e. The summed E-state index contributed by atoms with van der Waals surface area (Å²) in [5.74, 6) is -0.150. The maximum Gasteiger partial charge on any atom is 0.198 e. The van der Waals surface area contributed by atoms with Crippen molar-refractivity contribution < 1.29 is 4.79 Å². The summed E-state index contributed by atoms with van der Waals surface area (Å²) >= 11 is 13.2. The van der Waals surface area contributed by atoms with Gasteiger partial charge in [-0.3, -0.25) is 4.79 Å². The molecule has 0 fully saturated rings. The molecule has 0 aliphatic carbocycles. The molecule has 2 nitrogen and oxygen atoms in total. The van der Waals surface area contributed by atoms with Crippen LogP contribution in [-0.2, 0) is 0 Å². The lowest BCUT2D eigenvalue weighted by Crippen LogP contribution is -1.89. The summed E-state index contributed by atoms with van der Waals surface area (Å²) in [4.78, 5) is 16.9. The van der Waals surface area contributed by atoms with Crippen LogP contribution in [0.1, 0.15) is 15.2 Å². The second-order valence-electron chi connectivity index (χ2n) is 4.69. The van der Waals surface area contributed by atoms with Gasteiger partial charge in [0.05, 0.1) is 0 Å². The quantitative estimate of drug-likeness (QED) is 0.434. The van der Waals surface area contributed by atoms with Gasteiger partial charge >= 0.3 is 0 Å². The molecule has 1 heterocycles. The van der Waals surface area contributed by atoms with Crippen molar-refractivity contribution in [2.75, 3.05) is 0 Å². The second kappa shape index (κ2) is 7.09. The number of ketones is 1. The number of carbonyl (C=O) groups excluding carboxylic acids is 1. The van der Waals surface area contributed by atoms with E-state index in [0.717, 1.165) is 16.1 Å². The third-order valence-electron chi connectivity index (χ3n) is 3.09. The topological polar surface area (TPSA) is 30.0 Å². The molecule has 1 radical (unpaired) electrons. The van der Waals surface area contributed by atoms with Gasteiger partial charge in [0, 0.05) is 15.6 Å². The lowest BCUT2D eigenvalue weighted by Gasteiger charge is -1.96. The predicted molar refractivity (Wildman–Crippen MR) is 96.2 cm³/mol. The van der Waals surface area contributed by atoms with E-state index in [1.165, 1.54) is 17.4 Å². The molecule has 23 heavy (non-hydrogen) atoms. The van der Waals surface area contributed by atoms with Crippen LogP contribution in [0.3, 0.4) is 0 Å². The molecule has 5 heteroatoms. The molecule has 3 rings (SSSR count). The van der Waals surface area contributed by atoms with Gasteiger partial charge in [0.25, 0.3) is 0 Å². The Hall–Kier alpha value is -1.94. The number of hydrogen-bond donors (Lipinski definition) is 0. The van der Waals surface area contributed by atoms with E-state index >= 15 is 0 Å². The first kappa shape index (κ1) is 15.9. The van der Waals surface area contributed by atoms with E-state index in [-0.39, 0.29) is 5.78 Å². The zero-order valence-corrected chi connectivity index (χ0v) is 14.1. The highest BCUT2D eigenvalue weighted by Gasteiger charge is 2.10. The van der Waals surface area contributed by atoms with Crippen LogP contribution < -0.4 is 0 Å². The van der Waals surface area contributed by atoms with Gasteiger partial charge in [-0.25, -0.2) is 4.98 Å². The molecule has 0 spiro atoms. The fourth-order valence-electron chi connectivity index (χ4n) is 1.92. The minimum Gasteiger partial charge on any atom is -0.288 e. The van der Waals surface area contributed by atoms with Crippen molar-refractivity contribution in [3.63, 3.8) is 0 Å². The van der Waals surface area contributed by atoms with Gasteiger partial charge in [0.2, 0.25) is 0 Å². The van der Waals surface area contributed by atoms with E-state index < -0.39 is 0 Å². The Balaban J connectivity index is 1.79. The molecule has 0 unspecified atom stereocenters. The number of allylic oxidation sites excluding steroid dienone is 1. The van der Waals surface area contributed by atoms with E-state index in [1.807, 2.05) is 30.3 Å². The van der Waals surface area contributed by atoms with Crippen molar-refractivity contribution in [1.29, 1.82) is 0 Å². The van der Waals surface area contributed by atoms with Crippen LogP contribution in [0.25, 0.3) is 16.6 Å². The molecule has 3 aromatic rings. The number of halogens is 2. The predicted octanol–water partition coefficient (Wildman–Crippen LogP) is 5.81. The minimum atomic E-state index is -0.150. The molecule has 0 atom stereocenters. The third kappa shape index (κ3) is 3.88. The van der Waals surface area contributed by atoms with Gasteiger partial charge in [0.15, 0.2) is 5.78 Å². The average molecular weight is 359 g/mol. The first-order valence-electron chi connectivity index (χ1n) is 6.75. The maximum absolute atomic E-state index is 12.2. The van der Waals surface area contributed by atoms with Gasteiger partial charge in [-0.05, 0) is 35.9 Å². The van der Waals surface area contributed by atoms with E-state index in [9.17, 15) is 4.79 Å². The Labute approximate surface area is 148 Å². The highest BCUT2D eigenvalue weighted by molar-refractivity contribution is 7.17. The fraction of sp³-hybridized carbons (Fsp3) is 0. The summed E-state index contributed by atoms with van der Waals surface area (Å²) in [6.07, 6.45) is 5.95. The molecule has 0 N–H and O–H groups in total. The number of thiazole rings is 1. The summed E-state index contributed by atoms with van der Waals surface area (Å²) in [7, 11) is 0. The Morgan fingerprint density at radius 2 is 1.83 bits per heavy atom. The van der Waals surface area contributed by atoms with Crippen molar-refractivity contribution in [2.24, 2.45) is 0 Å². The van der Waals surface area contributed by atoms with E-state index in [4.69, 9.17) is 23.2 Å². The van der Waals surface area contributed by atoms with Crippen molar-refractivity contribution in [3.8, 4) is 10.6 Å². The second-order valence-corrected chi connectivity index (χ2v) is 6.53. The standard InChI is InChI=1S/C18H10Cl2NOS/c19-14-8-5-13(6-9-14)18-21-11-17(23-18)16(22)10-7-12-3-1-2-4-15(12)20/h1-10H. The number of nitrogens with zero attached hydrogens (tertiary/aromatic N) is 1. The van der Waals surface area contributed by atoms with Crippen LogP contribution in [0.5, 0.6) is 0 Å². The number of carbonyl (C=O) groups is 1. The van der Waals surface area contributed by atoms with Crippen LogP contribution in [0, 0.1) is 6.20 Å². The van der Waals surface area contributed by atoms with Crippen LogP contribution in [0.2, 0.25) is 10.0 Å². The summed E-state index contributed by atoms with van der Waals surface area (Å²) in [5, 5.41) is 2.00. The van der Waals surface area contributed by atoms with Gasteiger partial charge < -0.3 is 0 Å². The summed E-state index contributed by atoms with van der Waals surface area (Å²) in [6, 6.07) is 14.6. The molecule has 0 saturated carbocycles. The Bertz CT molecular complexity index is 869. The van der Waals surface area contributed by atoms with Crippen molar-refractivity contribution in [2.45, 2.75) is 0 Å². The highest BCUT2D eigenvalue weighted by atomic mass is 35.5. The normalized spacial score (nSPS) is 11.0. The largest absolute Gasteiger partial charge is 0.288 e. The first-order valence-corrected chi connectivity index (χ1v) is 8.32. The van der Waals surface area contributed by atoms with Crippen molar-refractivity contribution in [1.82, 2.24) is 4.98 Å². The van der Waals surface area contributed by atoms with Crippen LogP contribution in [0.15, 0.2) is 54.6 Å². The van der Waals surface area contributed by atoms with Crippen LogP contribution >= 0.6 is 34.5 Å². The SMILES string of the molecule is O=C(C=Cc1ccccc1Cl)c1[c]nc(-c2ccc(Cl)cc2)s1. The zero-order valence-electron chi connectivity index (χ0n) is 11.8. The van der Waals surface area contributed by atoms with Crippen molar-refractivity contribution in [3.05, 3.63) is 81.3 Å². The Morgan fingerprint density at radius 3 is 2.57 bits per heavy atom. The molecular weight excluding hydrogens is 349 g/mol. The molecule has 0 saturated heterocycles. The minimum absolute atomic E-state index is 0.150. The number of benzene rings is 2. The number of aromatic nitrogens is 1. The van der Waals surface area contributed by atoms with Gasteiger partial charge in [0.1, 0.15) is 16.1 Å². The molecule has 2 aromatic carbocycles. The first-order chi connectivity index (χ1) is 11.1. The van der Waals surface area contributed by atoms with E-state index in [2.05, 4.69) is 11.2 Å². The summed E-state index contributed by atoms with van der Waals surface area (Å²) in [5.41, 5.74) is 1.70. The van der Waals surface area contributed by atoms with Gasteiger partial charge in [-0.1, -0.05) is 53.5 Å². The molecule has 1 aromatic heterocycles. The number of rotatable bonds is 4. The van der Waals surface area contributed by atoms with E-state index in [1.54, 1.807) is 24.3 Å². The lowest BCUT2D eigenvalue weighted by atomic mass is 10.2. The molecule has 0 aliphatic rings. The molecular formula is C18H10Cl2NOS. The van der Waals surface area contributed by atoms with Gasteiger partial charge in [-0.2, -0.15) is 0 Å².